The number of anilines is 1. The molecule has 1 aromatic heterocycles. The van der Waals surface area contributed by atoms with Crippen molar-refractivity contribution < 1.29 is 9.63 Å². The average molecular weight is 259 g/mol. The molecule has 1 saturated heterocycles. The summed E-state index contributed by atoms with van der Waals surface area (Å²) in [6.07, 6.45) is 2.72. The van der Waals surface area contributed by atoms with Crippen molar-refractivity contribution in [3.8, 4) is 0 Å². The van der Waals surface area contributed by atoms with Gasteiger partial charge in [0.15, 0.2) is 6.10 Å². The molecule has 5 heteroatoms. The number of hydrogen-bond acceptors (Lipinski definition) is 5. The molecule has 1 fully saturated rings. The quantitative estimate of drug-likeness (QED) is 0.915. The van der Waals surface area contributed by atoms with Crippen LogP contribution in [0.3, 0.4) is 0 Å². The van der Waals surface area contributed by atoms with Gasteiger partial charge in [-0.2, -0.15) is 4.98 Å². The van der Waals surface area contributed by atoms with Crippen LogP contribution in [0.1, 0.15) is 36.8 Å². The van der Waals surface area contributed by atoms with Gasteiger partial charge in [0.25, 0.3) is 11.8 Å². The molecule has 1 N–H and O–H groups in total. The summed E-state index contributed by atoms with van der Waals surface area (Å²) in [5.41, 5.74) is 0.761. The molecule has 0 bridgehead atoms. The van der Waals surface area contributed by atoms with Gasteiger partial charge in [-0.15, -0.1) is 0 Å². The molecule has 2 heterocycles. The van der Waals surface area contributed by atoms with E-state index in [9.17, 15) is 5.11 Å². The van der Waals surface area contributed by atoms with Crippen LogP contribution in [-0.4, -0.2) is 28.3 Å². The van der Waals surface area contributed by atoms with E-state index in [1.807, 2.05) is 30.3 Å². The molecule has 0 amide bonds. The van der Waals surface area contributed by atoms with Crippen LogP contribution in [0.15, 0.2) is 34.9 Å². The number of hydrogen-bond donors (Lipinski definition) is 1. The first kappa shape index (κ1) is 12.2. The normalized spacial score (nSPS) is 17.4. The Hall–Kier alpha value is -1.88. The molecule has 5 nitrogen and oxygen atoms in total. The first-order chi connectivity index (χ1) is 9.34. The molecule has 0 spiro atoms. The minimum atomic E-state index is -0.854. The van der Waals surface area contributed by atoms with Crippen LogP contribution in [0.2, 0.25) is 0 Å². The van der Waals surface area contributed by atoms with Gasteiger partial charge < -0.3 is 14.5 Å². The van der Waals surface area contributed by atoms with Crippen molar-refractivity contribution in [3.63, 3.8) is 0 Å². The smallest absolute Gasteiger partial charge is 0.266 e. The first-order valence-corrected chi connectivity index (χ1v) is 6.66. The van der Waals surface area contributed by atoms with E-state index in [0.717, 1.165) is 31.5 Å². The summed E-state index contributed by atoms with van der Waals surface area (Å²) in [5.74, 6) is 0.844. The summed E-state index contributed by atoms with van der Waals surface area (Å²) < 4.78 is 5.18. The number of aromatic nitrogens is 2. The van der Waals surface area contributed by atoms with Gasteiger partial charge in [0.2, 0.25) is 0 Å². The molecule has 1 aliphatic heterocycles. The molecule has 1 aliphatic rings. The van der Waals surface area contributed by atoms with Crippen molar-refractivity contribution in [3.05, 3.63) is 41.8 Å². The van der Waals surface area contributed by atoms with E-state index in [0.29, 0.717) is 5.95 Å². The molecule has 3 rings (SSSR count). The Bertz CT molecular complexity index is 520. The minimum Gasteiger partial charge on any atom is -0.378 e. The third-order valence-corrected chi connectivity index (χ3v) is 3.42. The number of aliphatic hydroxyl groups is 1. The van der Waals surface area contributed by atoms with E-state index in [4.69, 9.17) is 4.52 Å². The monoisotopic (exact) mass is 259 g/mol. The number of nitrogens with zero attached hydrogens (tertiary/aromatic N) is 3. The zero-order valence-corrected chi connectivity index (χ0v) is 10.7. The molecule has 0 saturated carbocycles. The molecule has 100 valence electrons. The van der Waals surface area contributed by atoms with Crippen LogP contribution in [-0.2, 0) is 0 Å². The lowest BCUT2D eigenvalue weighted by molar-refractivity contribution is 0.170. The molecule has 0 radical (unpaired) electrons. The molecule has 19 heavy (non-hydrogen) atoms. The Morgan fingerprint density at radius 1 is 1.11 bits per heavy atom. The van der Waals surface area contributed by atoms with Gasteiger partial charge in [-0.25, -0.2) is 0 Å². The predicted octanol–water partition coefficient (Wildman–Crippen LogP) is 2.14. The summed E-state index contributed by atoms with van der Waals surface area (Å²) in [4.78, 5) is 6.41. The highest BCUT2D eigenvalue weighted by Crippen LogP contribution is 2.23. The van der Waals surface area contributed by atoms with Gasteiger partial charge in [0.05, 0.1) is 0 Å². The molecule has 1 aromatic carbocycles. The van der Waals surface area contributed by atoms with Crippen molar-refractivity contribution in [2.75, 3.05) is 18.0 Å². The van der Waals surface area contributed by atoms with Gasteiger partial charge in [0.1, 0.15) is 0 Å². The fraction of sp³-hybridized carbons (Fsp3) is 0.429. The van der Waals surface area contributed by atoms with Crippen molar-refractivity contribution in [1.29, 1.82) is 0 Å². The number of rotatable bonds is 3. The maximum absolute atomic E-state index is 10.2. The second-order valence-electron chi connectivity index (χ2n) is 4.79. The van der Waals surface area contributed by atoms with Crippen molar-refractivity contribution in [2.24, 2.45) is 0 Å². The number of piperidine rings is 1. The second-order valence-corrected chi connectivity index (χ2v) is 4.79. The van der Waals surface area contributed by atoms with Gasteiger partial charge >= 0.3 is 0 Å². The van der Waals surface area contributed by atoms with Crippen molar-refractivity contribution in [1.82, 2.24) is 10.1 Å². The maximum atomic E-state index is 10.2. The lowest BCUT2D eigenvalue weighted by Gasteiger charge is -2.24. The fourth-order valence-corrected chi connectivity index (χ4v) is 2.34. The highest BCUT2D eigenvalue weighted by molar-refractivity contribution is 5.30. The van der Waals surface area contributed by atoms with Crippen LogP contribution in [0.5, 0.6) is 0 Å². The fourth-order valence-electron chi connectivity index (χ4n) is 2.34. The summed E-state index contributed by atoms with van der Waals surface area (Å²) in [7, 11) is 0. The highest BCUT2D eigenvalue weighted by Gasteiger charge is 2.21. The van der Waals surface area contributed by atoms with E-state index in [1.54, 1.807) is 0 Å². The summed E-state index contributed by atoms with van der Waals surface area (Å²) >= 11 is 0. The standard InChI is InChI=1S/C14H17N3O2/c18-12(11-7-3-1-4-8-11)13-15-14(16-19-13)17-9-5-2-6-10-17/h1,3-4,7-8,12,18H,2,5-6,9-10H2. The molecule has 2 aromatic rings. The van der Waals surface area contributed by atoms with Gasteiger partial charge in [0, 0.05) is 13.1 Å². The van der Waals surface area contributed by atoms with E-state index >= 15 is 0 Å². The predicted molar refractivity (Wildman–Crippen MR) is 70.9 cm³/mol. The van der Waals surface area contributed by atoms with E-state index in [2.05, 4.69) is 15.0 Å². The third kappa shape index (κ3) is 2.61. The number of benzene rings is 1. The Kier molecular flexibility index (Phi) is 3.46. The SMILES string of the molecule is OC(c1ccccc1)c1nc(N2CCCCC2)no1. The van der Waals surface area contributed by atoms with Gasteiger partial charge in [-0.3, -0.25) is 0 Å². The van der Waals surface area contributed by atoms with Gasteiger partial charge in [-0.1, -0.05) is 30.3 Å². The maximum Gasteiger partial charge on any atom is 0.266 e. The third-order valence-electron chi connectivity index (χ3n) is 3.42. The van der Waals surface area contributed by atoms with Crippen LogP contribution in [0.25, 0.3) is 0 Å². The van der Waals surface area contributed by atoms with Crippen LogP contribution in [0.4, 0.5) is 5.95 Å². The van der Waals surface area contributed by atoms with Crippen LogP contribution < -0.4 is 4.90 Å². The van der Waals surface area contributed by atoms with E-state index in [-0.39, 0.29) is 5.89 Å². The minimum absolute atomic E-state index is 0.256. The molecule has 0 aliphatic carbocycles. The Morgan fingerprint density at radius 3 is 2.58 bits per heavy atom. The molecule has 1 unspecified atom stereocenters. The van der Waals surface area contributed by atoms with E-state index < -0.39 is 6.10 Å². The van der Waals surface area contributed by atoms with E-state index in [1.165, 1.54) is 6.42 Å². The zero-order chi connectivity index (χ0) is 13.1. The Morgan fingerprint density at radius 2 is 1.84 bits per heavy atom. The Balaban J connectivity index is 1.77. The molecule has 1 atom stereocenters. The summed E-state index contributed by atoms with van der Waals surface area (Å²) in [6.45, 7) is 1.92. The summed E-state index contributed by atoms with van der Waals surface area (Å²) in [6, 6.07) is 9.34. The lowest BCUT2D eigenvalue weighted by atomic mass is 10.1. The van der Waals surface area contributed by atoms with Crippen LogP contribution >= 0.6 is 0 Å². The van der Waals surface area contributed by atoms with Gasteiger partial charge in [-0.05, 0) is 30.0 Å². The van der Waals surface area contributed by atoms with Crippen molar-refractivity contribution >= 4 is 5.95 Å². The number of aliphatic hydroxyl groups excluding tert-OH is 1. The first-order valence-electron chi connectivity index (χ1n) is 6.66. The highest BCUT2D eigenvalue weighted by atomic mass is 16.5. The zero-order valence-electron chi connectivity index (χ0n) is 10.7. The van der Waals surface area contributed by atoms with Crippen LogP contribution in [0, 0.1) is 0 Å². The average Bonchev–Trinajstić information content (AvgIpc) is 2.98. The topological polar surface area (TPSA) is 62.4 Å². The molecular weight excluding hydrogens is 242 g/mol. The molecular formula is C14H17N3O2. The second kappa shape index (κ2) is 5.40. The lowest BCUT2D eigenvalue weighted by Crippen LogP contribution is -2.30. The summed E-state index contributed by atoms with van der Waals surface area (Å²) in [5, 5.41) is 14.2. The Labute approximate surface area is 111 Å². The van der Waals surface area contributed by atoms with Crippen molar-refractivity contribution in [2.45, 2.75) is 25.4 Å². The largest absolute Gasteiger partial charge is 0.378 e.